The number of halogens is 1. The van der Waals surface area contributed by atoms with Crippen LogP contribution in [0, 0.1) is 5.82 Å². The monoisotopic (exact) mass is 384 g/mol. The zero-order valence-corrected chi connectivity index (χ0v) is 15.9. The van der Waals surface area contributed by atoms with Crippen LogP contribution in [-0.2, 0) is 6.54 Å². The molecule has 2 N–H and O–H groups in total. The summed E-state index contributed by atoms with van der Waals surface area (Å²) in [4.78, 5) is 24.9. The second kappa shape index (κ2) is 8.77. The lowest BCUT2D eigenvalue weighted by atomic mass is 10.1. The Labute approximate surface area is 161 Å². The molecule has 3 aromatic rings. The normalized spacial score (nSPS) is 10.7. The fraction of sp³-hybridized carbons (Fsp3) is 0.238. The molecule has 27 heavy (non-hydrogen) atoms. The first-order chi connectivity index (χ1) is 13.1. The number of hydrogen-bond acceptors (Lipinski definition) is 3. The van der Waals surface area contributed by atoms with Gasteiger partial charge in [-0.15, -0.1) is 11.3 Å². The molecule has 2 aromatic carbocycles. The number of hydrogen-bond donors (Lipinski definition) is 2. The van der Waals surface area contributed by atoms with Crippen LogP contribution in [0.1, 0.15) is 45.4 Å². The Morgan fingerprint density at radius 1 is 1.00 bits per heavy atom. The van der Waals surface area contributed by atoms with E-state index < -0.39 is 0 Å². The molecule has 0 atom stereocenters. The summed E-state index contributed by atoms with van der Waals surface area (Å²) in [5.41, 5.74) is 1.51. The second-order valence-corrected chi connectivity index (χ2v) is 7.37. The van der Waals surface area contributed by atoms with Gasteiger partial charge in [-0.25, -0.2) is 4.39 Å². The quantitative estimate of drug-likeness (QED) is 0.589. The number of fused-ring (bicyclic) bond motifs is 1. The van der Waals surface area contributed by atoms with Crippen LogP contribution in [0.5, 0.6) is 0 Å². The lowest BCUT2D eigenvalue weighted by Gasteiger charge is -2.07. The average molecular weight is 384 g/mol. The van der Waals surface area contributed by atoms with Gasteiger partial charge in [0.1, 0.15) is 5.82 Å². The Morgan fingerprint density at radius 3 is 2.52 bits per heavy atom. The molecular weight excluding hydrogens is 363 g/mol. The minimum Gasteiger partial charge on any atom is -0.352 e. The molecule has 0 spiro atoms. The van der Waals surface area contributed by atoms with Crippen molar-refractivity contribution in [2.24, 2.45) is 0 Å². The zero-order chi connectivity index (χ0) is 19.2. The van der Waals surface area contributed by atoms with Gasteiger partial charge in [-0.05, 0) is 53.8 Å². The van der Waals surface area contributed by atoms with Crippen LogP contribution < -0.4 is 10.6 Å². The molecule has 0 radical (unpaired) electrons. The van der Waals surface area contributed by atoms with E-state index in [1.165, 1.54) is 23.5 Å². The van der Waals surface area contributed by atoms with E-state index >= 15 is 0 Å². The van der Waals surface area contributed by atoms with Gasteiger partial charge in [-0.1, -0.05) is 25.5 Å². The summed E-state index contributed by atoms with van der Waals surface area (Å²) < 4.78 is 14.1. The number of benzene rings is 2. The Bertz CT molecular complexity index is 950. The number of unbranched alkanes of at least 4 members (excludes halogenated alkanes) is 1. The van der Waals surface area contributed by atoms with Gasteiger partial charge < -0.3 is 10.6 Å². The van der Waals surface area contributed by atoms with Gasteiger partial charge in [0, 0.05) is 23.4 Å². The van der Waals surface area contributed by atoms with E-state index in [-0.39, 0.29) is 17.6 Å². The van der Waals surface area contributed by atoms with Crippen molar-refractivity contribution in [1.29, 1.82) is 0 Å². The van der Waals surface area contributed by atoms with Crippen molar-refractivity contribution in [2.75, 3.05) is 6.54 Å². The van der Waals surface area contributed by atoms with Gasteiger partial charge in [0.2, 0.25) is 0 Å². The summed E-state index contributed by atoms with van der Waals surface area (Å²) in [5, 5.41) is 6.46. The van der Waals surface area contributed by atoms with Crippen molar-refractivity contribution in [3.63, 3.8) is 0 Å². The fourth-order valence-corrected chi connectivity index (χ4v) is 3.61. The highest BCUT2D eigenvalue weighted by molar-refractivity contribution is 7.20. The molecule has 0 aliphatic heterocycles. The average Bonchev–Trinajstić information content (AvgIpc) is 3.10. The Kier molecular flexibility index (Phi) is 6.19. The first-order valence-corrected chi connectivity index (χ1v) is 9.73. The molecule has 0 bridgehead atoms. The largest absolute Gasteiger partial charge is 0.352 e. The standard InChI is InChI=1S/C21H21FN2O2S/c1-2-3-10-23-20(25)15-6-4-14(5-7-15)13-24-21(26)19-12-16-11-17(22)8-9-18(16)27-19/h4-9,11-12H,2-3,10,13H2,1H3,(H,23,25)(H,24,26). The van der Waals surface area contributed by atoms with Gasteiger partial charge in [-0.2, -0.15) is 0 Å². The number of carbonyl (C=O) groups excluding carboxylic acids is 2. The predicted octanol–water partition coefficient (Wildman–Crippen LogP) is 4.50. The van der Waals surface area contributed by atoms with Crippen molar-refractivity contribution in [3.8, 4) is 0 Å². The van der Waals surface area contributed by atoms with Crippen molar-refractivity contribution >= 4 is 33.2 Å². The maximum atomic E-state index is 13.3. The molecule has 2 amide bonds. The number of thiophene rings is 1. The van der Waals surface area contributed by atoms with E-state index in [0.717, 1.165) is 28.5 Å². The predicted molar refractivity (Wildman–Crippen MR) is 107 cm³/mol. The highest BCUT2D eigenvalue weighted by atomic mass is 32.1. The van der Waals surface area contributed by atoms with Crippen molar-refractivity contribution in [3.05, 3.63) is 70.4 Å². The maximum absolute atomic E-state index is 13.3. The Hall–Kier alpha value is -2.73. The summed E-state index contributed by atoms with van der Waals surface area (Å²) in [6.45, 7) is 3.11. The van der Waals surface area contributed by atoms with Crippen LogP contribution in [0.4, 0.5) is 4.39 Å². The van der Waals surface area contributed by atoms with Crippen LogP contribution in [-0.4, -0.2) is 18.4 Å². The van der Waals surface area contributed by atoms with Crippen LogP contribution in [0.2, 0.25) is 0 Å². The molecule has 0 fully saturated rings. The number of carbonyl (C=O) groups is 2. The van der Waals surface area contributed by atoms with E-state index in [2.05, 4.69) is 17.6 Å². The third kappa shape index (κ3) is 4.92. The zero-order valence-electron chi connectivity index (χ0n) is 15.0. The van der Waals surface area contributed by atoms with Crippen molar-refractivity contribution < 1.29 is 14.0 Å². The minimum absolute atomic E-state index is 0.0865. The lowest BCUT2D eigenvalue weighted by Crippen LogP contribution is -2.24. The van der Waals surface area contributed by atoms with E-state index in [1.54, 1.807) is 24.3 Å². The molecule has 140 valence electrons. The summed E-state index contributed by atoms with van der Waals surface area (Å²) in [7, 11) is 0. The molecule has 3 rings (SSSR count). The first kappa shape index (κ1) is 19.0. The third-order valence-electron chi connectivity index (χ3n) is 4.19. The second-order valence-electron chi connectivity index (χ2n) is 6.28. The number of amides is 2. The van der Waals surface area contributed by atoms with Crippen molar-refractivity contribution in [1.82, 2.24) is 10.6 Å². The van der Waals surface area contributed by atoms with E-state index in [9.17, 15) is 14.0 Å². The first-order valence-electron chi connectivity index (χ1n) is 8.91. The van der Waals surface area contributed by atoms with Crippen LogP contribution >= 0.6 is 11.3 Å². The van der Waals surface area contributed by atoms with E-state index in [1.807, 2.05) is 12.1 Å². The molecule has 0 aliphatic rings. The third-order valence-corrected chi connectivity index (χ3v) is 5.30. The van der Waals surface area contributed by atoms with Crippen LogP contribution in [0.3, 0.4) is 0 Å². The van der Waals surface area contributed by atoms with Gasteiger partial charge in [0.25, 0.3) is 11.8 Å². The van der Waals surface area contributed by atoms with Gasteiger partial charge in [0.15, 0.2) is 0 Å². The summed E-state index contributed by atoms with van der Waals surface area (Å²) >= 11 is 1.33. The molecule has 1 heterocycles. The highest BCUT2D eigenvalue weighted by Gasteiger charge is 2.11. The fourth-order valence-electron chi connectivity index (χ4n) is 2.65. The summed E-state index contributed by atoms with van der Waals surface area (Å²) in [6.07, 6.45) is 1.99. The van der Waals surface area contributed by atoms with Crippen molar-refractivity contribution in [2.45, 2.75) is 26.3 Å². The topological polar surface area (TPSA) is 58.2 Å². The smallest absolute Gasteiger partial charge is 0.261 e. The lowest BCUT2D eigenvalue weighted by molar-refractivity contribution is 0.0944. The van der Waals surface area contributed by atoms with E-state index in [4.69, 9.17) is 0 Å². The molecule has 4 nitrogen and oxygen atoms in total. The molecule has 0 saturated heterocycles. The number of rotatable bonds is 7. The molecule has 0 unspecified atom stereocenters. The van der Waals surface area contributed by atoms with Crippen LogP contribution in [0.25, 0.3) is 10.1 Å². The SMILES string of the molecule is CCCCNC(=O)c1ccc(CNC(=O)c2cc3cc(F)ccc3s2)cc1. The molecule has 0 saturated carbocycles. The van der Waals surface area contributed by atoms with Gasteiger partial charge in [-0.3, -0.25) is 9.59 Å². The summed E-state index contributed by atoms with van der Waals surface area (Å²) in [5.74, 6) is -0.597. The van der Waals surface area contributed by atoms with Gasteiger partial charge >= 0.3 is 0 Å². The van der Waals surface area contributed by atoms with Gasteiger partial charge in [0.05, 0.1) is 4.88 Å². The highest BCUT2D eigenvalue weighted by Crippen LogP contribution is 2.26. The van der Waals surface area contributed by atoms with Crippen LogP contribution in [0.15, 0.2) is 48.5 Å². The Balaban J connectivity index is 1.57. The molecule has 1 aromatic heterocycles. The minimum atomic E-state index is -0.314. The molecular formula is C21H21FN2O2S. The molecule has 0 aliphatic carbocycles. The molecule has 6 heteroatoms. The summed E-state index contributed by atoms with van der Waals surface area (Å²) in [6, 6.07) is 13.4. The van der Waals surface area contributed by atoms with E-state index in [0.29, 0.717) is 23.5 Å². The maximum Gasteiger partial charge on any atom is 0.261 e. The number of nitrogens with one attached hydrogen (secondary N) is 2. The Morgan fingerprint density at radius 2 is 1.78 bits per heavy atom.